The number of alkyl carbamates (subject to hydrolysis) is 1. The fourth-order valence-electron chi connectivity index (χ4n) is 3.90. The first-order valence-corrected chi connectivity index (χ1v) is 8.76. The zero-order valence-electron chi connectivity index (χ0n) is 15.3. The molecule has 2 aliphatic rings. The summed E-state index contributed by atoms with van der Waals surface area (Å²) in [4.78, 5) is 37.4. The summed E-state index contributed by atoms with van der Waals surface area (Å²) in [5, 5.41) is 12.0. The van der Waals surface area contributed by atoms with Crippen LogP contribution < -0.4 is 5.32 Å². The molecule has 0 radical (unpaired) electrons. The Kier molecular flexibility index (Phi) is 5.77. The Morgan fingerprint density at radius 2 is 1.77 bits per heavy atom. The van der Waals surface area contributed by atoms with Gasteiger partial charge in [-0.05, 0) is 30.6 Å². The molecule has 1 saturated heterocycles. The van der Waals surface area contributed by atoms with Gasteiger partial charge in [0, 0.05) is 19.4 Å². The molecule has 2 unspecified atom stereocenters. The number of carboxylic acids is 1. The molecule has 7 nitrogen and oxygen atoms in total. The summed E-state index contributed by atoms with van der Waals surface area (Å²) in [5.74, 6) is -4.70. The highest BCUT2D eigenvalue weighted by Gasteiger charge is 2.53. The monoisotopic (exact) mass is 376 g/mol. The van der Waals surface area contributed by atoms with Crippen LogP contribution in [0.5, 0.6) is 0 Å². The highest BCUT2D eigenvalue weighted by molar-refractivity contribution is 5.90. The normalized spacial score (nSPS) is 25.2. The third-order valence-corrected chi connectivity index (χ3v) is 5.51. The van der Waals surface area contributed by atoms with Gasteiger partial charge in [-0.1, -0.05) is 13.8 Å². The molecule has 0 aromatic heterocycles. The SMILES string of the molecule is COC(=O)NC(C(=O)N1CC2(CCC(F)(F)CC2)CC1C(=O)O)C(C)C. The Morgan fingerprint density at radius 3 is 2.23 bits per heavy atom. The van der Waals surface area contributed by atoms with E-state index in [0.717, 1.165) is 0 Å². The highest BCUT2D eigenvalue weighted by atomic mass is 19.3. The van der Waals surface area contributed by atoms with Gasteiger partial charge in [0.25, 0.3) is 0 Å². The average Bonchev–Trinajstić information content (AvgIpc) is 2.95. The average molecular weight is 376 g/mol. The van der Waals surface area contributed by atoms with Crippen molar-refractivity contribution < 1.29 is 33.0 Å². The van der Waals surface area contributed by atoms with Crippen molar-refractivity contribution in [3.8, 4) is 0 Å². The zero-order valence-corrected chi connectivity index (χ0v) is 15.3. The summed E-state index contributed by atoms with van der Waals surface area (Å²) in [5.41, 5.74) is -0.604. The number of aliphatic carboxylic acids is 1. The van der Waals surface area contributed by atoms with Crippen LogP contribution in [0.3, 0.4) is 0 Å². The molecule has 9 heteroatoms. The lowest BCUT2D eigenvalue weighted by Gasteiger charge is -2.37. The van der Waals surface area contributed by atoms with Crippen LogP contribution in [0.1, 0.15) is 46.0 Å². The van der Waals surface area contributed by atoms with Crippen molar-refractivity contribution in [1.29, 1.82) is 0 Å². The number of nitrogens with one attached hydrogen (secondary N) is 1. The summed E-state index contributed by atoms with van der Waals surface area (Å²) < 4.78 is 31.6. The molecule has 26 heavy (non-hydrogen) atoms. The van der Waals surface area contributed by atoms with E-state index in [2.05, 4.69) is 10.1 Å². The first kappa shape index (κ1) is 20.4. The van der Waals surface area contributed by atoms with Crippen LogP contribution in [0.2, 0.25) is 0 Å². The molecular weight excluding hydrogens is 350 g/mol. The van der Waals surface area contributed by atoms with Gasteiger partial charge < -0.3 is 20.1 Å². The van der Waals surface area contributed by atoms with Crippen LogP contribution in [0.25, 0.3) is 0 Å². The van der Waals surface area contributed by atoms with Gasteiger partial charge in [-0.3, -0.25) is 4.79 Å². The van der Waals surface area contributed by atoms with Gasteiger partial charge in [-0.25, -0.2) is 18.4 Å². The maximum Gasteiger partial charge on any atom is 0.407 e. The molecular formula is C17H26F2N2O5. The fourth-order valence-corrected chi connectivity index (χ4v) is 3.90. The van der Waals surface area contributed by atoms with Gasteiger partial charge in [0.1, 0.15) is 12.1 Å². The molecule has 0 bridgehead atoms. The number of alkyl halides is 2. The molecule has 2 amide bonds. The summed E-state index contributed by atoms with van der Waals surface area (Å²) >= 11 is 0. The van der Waals surface area contributed by atoms with E-state index in [1.807, 2.05) is 0 Å². The lowest BCUT2D eigenvalue weighted by Crippen LogP contribution is -2.54. The molecule has 1 heterocycles. The Labute approximate surface area is 151 Å². The van der Waals surface area contributed by atoms with Crippen LogP contribution in [-0.2, 0) is 14.3 Å². The maximum atomic E-state index is 13.5. The van der Waals surface area contributed by atoms with Crippen LogP contribution in [-0.4, -0.2) is 59.6 Å². The number of hydrogen-bond acceptors (Lipinski definition) is 4. The molecule has 1 saturated carbocycles. The number of carboxylic acid groups (broad SMARTS) is 1. The molecule has 2 rings (SSSR count). The molecule has 2 fully saturated rings. The Bertz CT molecular complexity index is 572. The van der Waals surface area contributed by atoms with Gasteiger partial charge >= 0.3 is 12.1 Å². The lowest BCUT2D eigenvalue weighted by molar-refractivity contribution is -0.149. The van der Waals surface area contributed by atoms with Gasteiger partial charge in [0.2, 0.25) is 11.8 Å². The minimum Gasteiger partial charge on any atom is -0.480 e. The van der Waals surface area contributed by atoms with Crippen LogP contribution in [0.15, 0.2) is 0 Å². The largest absolute Gasteiger partial charge is 0.480 e. The number of amides is 2. The number of hydrogen-bond donors (Lipinski definition) is 2. The number of nitrogens with zero attached hydrogens (tertiary/aromatic N) is 1. The lowest BCUT2D eigenvalue weighted by atomic mass is 9.71. The van der Waals surface area contributed by atoms with Crippen molar-refractivity contribution in [2.24, 2.45) is 11.3 Å². The van der Waals surface area contributed by atoms with Crippen molar-refractivity contribution in [3.63, 3.8) is 0 Å². The Balaban J connectivity index is 2.21. The van der Waals surface area contributed by atoms with Crippen molar-refractivity contribution >= 4 is 18.0 Å². The molecule has 148 valence electrons. The molecule has 0 aromatic rings. The Morgan fingerprint density at radius 1 is 1.19 bits per heavy atom. The molecule has 1 aliphatic carbocycles. The van der Waals surface area contributed by atoms with Crippen molar-refractivity contribution in [2.75, 3.05) is 13.7 Å². The van der Waals surface area contributed by atoms with Gasteiger partial charge in [-0.15, -0.1) is 0 Å². The summed E-state index contributed by atoms with van der Waals surface area (Å²) in [6.45, 7) is 3.56. The second kappa shape index (κ2) is 7.36. The van der Waals surface area contributed by atoms with Crippen LogP contribution >= 0.6 is 0 Å². The summed E-state index contributed by atoms with van der Waals surface area (Å²) in [7, 11) is 1.17. The third-order valence-electron chi connectivity index (χ3n) is 5.51. The fraction of sp³-hybridized carbons (Fsp3) is 0.824. The molecule has 2 atom stereocenters. The third kappa shape index (κ3) is 4.24. The number of carbonyl (C=O) groups is 3. The highest BCUT2D eigenvalue weighted by Crippen LogP contribution is 2.50. The first-order valence-electron chi connectivity index (χ1n) is 8.76. The zero-order chi connectivity index (χ0) is 19.7. The van der Waals surface area contributed by atoms with Crippen molar-refractivity contribution in [1.82, 2.24) is 10.2 Å². The maximum absolute atomic E-state index is 13.5. The summed E-state index contributed by atoms with van der Waals surface area (Å²) in [6, 6.07) is -2.01. The van der Waals surface area contributed by atoms with E-state index in [1.165, 1.54) is 12.0 Å². The van der Waals surface area contributed by atoms with Crippen LogP contribution in [0, 0.1) is 11.3 Å². The van der Waals surface area contributed by atoms with E-state index in [9.17, 15) is 28.3 Å². The molecule has 2 N–H and O–H groups in total. The second-order valence-corrected chi connectivity index (χ2v) is 7.74. The van der Waals surface area contributed by atoms with E-state index in [1.54, 1.807) is 13.8 Å². The minimum absolute atomic E-state index is 0.116. The van der Waals surface area contributed by atoms with Gasteiger partial charge in [0.05, 0.1) is 7.11 Å². The topological polar surface area (TPSA) is 95.9 Å². The number of rotatable bonds is 4. The number of ether oxygens (including phenoxy) is 1. The first-order chi connectivity index (χ1) is 12.0. The number of halogens is 2. The van der Waals surface area contributed by atoms with E-state index < -0.39 is 41.4 Å². The van der Waals surface area contributed by atoms with Crippen molar-refractivity contribution in [3.05, 3.63) is 0 Å². The standard InChI is InChI=1S/C17H26F2N2O5/c1-10(2)12(20-15(25)26-3)13(22)21-9-16(8-11(21)14(23)24)4-6-17(18,19)7-5-16/h10-12H,4-9H2,1-3H3,(H,20,25)(H,23,24). The van der Waals surface area contributed by atoms with Crippen LogP contribution in [0.4, 0.5) is 13.6 Å². The van der Waals surface area contributed by atoms with E-state index in [-0.39, 0.29) is 44.6 Å². The Hall–Kier alpha value is -1.93. The smallest absolute Gasteiger partial charge is 0.407 e. The predicted octanol–water partition coefficient (Wildman–Crippen LogP) is 2.25. The second-order valence-electron chi connectivity index (χ2n) is 7.74. The van der Waals surface area contributed by atoms with Gasteiger partial charge in [0.15, 0.2) is 0 Å². The molecule has 1 aliphatic heterocycles. The molecule has 1 spiro atoms. The van der Waals surface area contributed by atoms with Crippen molar-refractivity contribution in [2.45, 2.75) is 64.0 Å². The van der Waals surface area contributed by atoms with E-state index in [4.69, 9.17) is 0 Å². The van der Waals surface area contributed by atoms with E-state index >= 15 is 0 Å². The molecule has 0 aromatic carbocycles. The number of likely N-dealkylation sites (tertiary alicyclic amines) is 1. The van der Waals surface area contributed by atoms with E-state index in [0.29, 0.717) is 0 Å². The summed E-state index contributed by atoms with van der Waals surface area (Å²) in [6.07, 6.45) is -0.845. The van der Waals surface area contributed by atoms with Gasteiger partial charge in [-0.2, -0.15) is 0 Å². The number of methoxy groups -OCH3 is 1. The number of carbonyl (C=O) groups excluding carboxylic acids is 2. The minimum atomic E-state index is -2.73. The quantitative estimate of drug-likeness (QED) is 0.785. The predicted molar refractivity (Wildman–Crippen MR) is 87.8 cm³/mol.